The maximum Gasteiger partial charge on any atom is 0.338 e. The largest absolute Gasteiger partial charge is 0.459 e. The van der Waals surface area contributed by atoms with Gasteiger partial charge in [0.05, 0.1) is 16.7 Å². The predicted molar refractivity (Wildman–Crippen MR) is 162 cm³/mol. The lowest BCUT2D eigenvalue weighted by Gasteiger charge is -2.44. The van der Waals surface area contributed by atoms with E-state index in [0.717, 1.165) is 19.3 Å². The monoisotopic (exact) mass is 618 g/mol. The van der Waals surface area contributed by atoms with Gasteiger partial charge < -0.3 is 28.4 Å². The highest BCUT2D eigenvalue weighted by molar-refractivity contribution is 5.91. The van der Waals surface area contributed by atoms with Crippen LogP contribution in [0.5, 0.6) is 0 Å². The van der Waals surface area contributed by atoms with Gasteiger partial charge in [-0.1, -0.05) is 80.8 Å². The molecule has 1 heterocycles. The zero-order chi connectivity index (χ0) is 32.0. The minimum absolute atomic E-state index is 0.225. The summed E-state index contributed by atoms with van der Waals surface area (Å²) in [6, 6.07) is 24.8. The van der Waals surface area contributed by atoms with E-state index in [1.165, 1.54) is 6.92 Å². The van der Waals surface area contributed by atoms with Gasteiger partial charge >= 0.3 is 23.9 Å². The van der Waals surface area contributed by atoms with Crippen molar-refractivity contribution in [3.63, 3.8) is 0 Å². The zero-order valence-corrected chi connectivity index (χ0v) is 25.4. The molecule has 0 aromatic heterocycles. The van der Waals surface area contributed by atoms with Crippen LogP contribution in [-0.2, 0) is 33.2 Å². The molecule has 3 aromatic rings. The van der Waals surface area contributed by atoms with Gasteiger partial charge in [-0.2, -0.15) is 0 Å². The van der Waals surface area contributed by atoms with Crippen LogP contribution >= 0.6 is 0 Å². The molecular formula is C35H38O10. The van der Waals surface area contributed by atoms with E-state index in [9.17, 15) is 19.2 Å². The number of esters is 4. The normalized spacial score (nSPS) is 20.9. The average molecular weight is 619 g/mol. The summed E-state index contributed by atoms with van der Waals surface area (Å²) < 4.78 is 35.3. The highest BCUT2D eigenvalue weighted by Gasteiger charge is 2.53. The molecule has 45 heavy (non-hydrogen) atoms. The standard InChI is InChI=1S/C35H38O10/c1-3-4-5-15-22-40-35-31(42-24(2)36)30(45-34(39)27-20-13-8-14-21-27)29(44-33(38)26-18-11-7-12-19-26)28(43-35)23-41-32(37)25-16-9-6-10-17-25/h6-14,16-21,28-31,35H,3-5,15,22-23H2,1-2H3/t28?,29-,30?,31-,35+/m0/s1. The fourth-order valence-electron chi connectivity index (χ4n) is 4.82. The van der Waals surface area contributed by atoms with Gasteiger partial charge in [-0.05, 0) is 42.8 Å². The summed E-state index contributed by atoms with van der Waals surface area (Å²) in [4.78, 5) is 51.9. The Bertz CT molecular complexity index is 1380. The lowest BCUT2D eigenvalue weighted by Crippen LogP contribution is -2.63. The maximum atomic E-state index is 13.4. The van der Waals surface area contributed by atoms with E-state index in [4.69, 9.17) is 28.4 Å². The van der Waals surface area contributed by atoms with Crippen molar-refractivity contribution in [2.75, 3.05) is 13.2 Å². The summed E-state index contributed by atoms with van der Waals surface area (Å²) in [6.07, 6.45) is -2.80. The van der Waals surface area contributed by atoms with Crippen LogP contribution in [0.1, 0.15) is 70.6 Å². The molecule has 1 fully saturated rings. The van der Waals surface area contributed by atoms with Crippen molar-refractivity contribution in [1.29, 1.82) is 0 Å². The molecule has 0 spiro atoms. The minimum atomic E-state index is -1.39. The van der Waals surface area contributed by atoms with Gasteiger partial charge in [-0.25, -0.2) is 14.4 Å². The van der Waals surface area contributed by atoms with E-state index < -0.39 is 54.6 Å². The molecule has 0 bridgehead atoms. The third-order valence-electron chi connectivity index (χ3n) is 7.07. The number of carbonyl (C=O) groups is 4. The van der Waals surface area contributed by atoms with Gasteiger partial charge in [0.2, 0.25) is 0 Å². The first kappa shape index (κ1) is 33.4. The SMILES string of the molecule is CCCCCCO[C@@H]1OC(COC(=O)c2ccccc2)[C@H](OC(=O)c2ccccc2)C(OC(=O)c2ccccc2)[C@@H]1OC(C)=O. The molecular weight excluding hydrogens is 580 g/mol. The number of carbonyl (C=O) groups excluding carboxylic acids is 4. The molecule has 5 atom stereocenters. The van der Waals surface area contributed by atoms with Crippen molar-refractivity contribution in [2.24, 2.45) is 0 Å². The van der Waals surface area contributed by atoms with Gasteiger partial charge in [0.1, 0.15) is 12.7 Å². The van der Waals surface area contributed by atoms with Crippen molar-refractivity contribution in [2.45, 2.75) is 70.2 Å². The van der Waals surface area contributed by atoms with Gasteiger partial charge in [0.25, 0.3) is 0 Å². The summed E-state index contributed by atoms with van der Waals surface area (Å²) >= 11 is 0. The van der Waals surface area contributed by atoms with Crippen molar-refractivity contribution in [3.05, 3.63) is 108 Å². The lowest BCUT2D eigenvalue weighted by atomic mass is 9.97. The first-order chi connectivity index (χ1) is 21.9. The van der Waals surface area contributed by atoms with Crippen LogP contribution in [0.2, 0.25) is 0 Å². The molecule has 1 aliphatic rings. The van der Waals surface area contributed by atoms with E-state index in [1.54, 1.807) is 91.0 Å². The Hall–Kier alpha value is -4.54. The second-order valence-corrected chi connectivity index (χ2v) is 10.5. The van der Waals surface area contributed by atoms with Crippen molar-refractivity contribution in [1.82, 2.24) is 0 Å². The first-order valence-electron chi connectivity index (χ1n) is 15.1. The molecule has 0 N–H and O–H groups in total. The summed E-state index contributed by atoms with van der Waals surface area (Å²) in [6.45, 7) is 3.16. The number of unbranched alkanes of at least 4 members (excludes halogenated alkanes) is 3. The Kier molecular flexibility index (Phi) is 12.7. The number of hydrogen-bond acceptors (Lipinski definition) is 10. The van der Waals surface area contributed by atoms with Crippen LogP contribution in [0.15, 0.2) is 91.0 Å². The van der Waals surface area contributed by atoms with Gasteiger partial charge in [-0.3, -0.25) is 4.79 Å². The molecule has 2 unspecified atom stereocenters. The topological polar surface area (TPSA) is 124 Å². The predicted octanol–water partition coefficient (Wildman–Crippen LogP) is 5.55. The summed E-state index contributed by atoms with van der Waals surface area (Å²) in [5.74, 6) is -2.82. The molecule has 0 saturated carbocycles. The molecule has 0 amide bonds. The highest BCUT2D eigenvalue weighted by atomic mass is 16.7. The summed E-state index contributed by atoms with van der Waals surface area (Å²) in [5.41, 5.74) is 0.756. The van der Waals surface area contributed by atoms with Crippen molar-refractivity contribution < 1.29 is 47.6 Å². The molecule has 0 aliphatic carbocycles. The Balaban J connectivity index is 1.68. The number of hydrogen-bond donors (Lipinski definition) is 0. The van der Waals surface area contributed by atoms with E-state index in [2.05, 4.69) is 6.92 Å². The Morgan fingerprint density at radius 3 is 1.64 bits per heavy atom. The van der Waals surface area contributed by atoms with Crippen molar-refractivity contribution in [3.8, 4) is 0 Å². The van der Waals surface area contributed by atoms with E-state index in [0.29, 0.717) is 12.0 Å². The van der Waals surface area contributed by atoms with Crippen LogP contribution in [0.3, 0.4) is 0 Å². The molecule has 10 nitrogen and oxygen atoms in total. The van der Waals surface area contributed by atoms with Gasteiger partial charge in [-0.15, -0.1) is 0 Å². The van der Waals surface area contributed by atoms with Crippen LogP contribution in [-0.4, -0.2) is 67.8 Å². The molecule has 0 radical (unpaired) electrons. The quantitative estimate of drug-likeness (QED) is 0.129. The van der Waals surface area contributed by atoms with E-state index in [1.807, 2.05) is 0 Å². The zero-order valence-electron chi connectivity index (χ0n) is 25.4. The highest BCUT2D eigenvalue weighted by Crippen LogP contribution is 2.31. The maximum absolute atomic E-state index is 13.4. The second-order valence-electron chi connectivity index (χ2n) is 10.5. The van der Waals surface area contributed by atoms with Gasteiger partial charge in [0, 0.05) is 13.5 Å². The van der Waals surface area contributed by atoms with E-state index in [-0.39, 0.29) is 24.3 Å². The Morgan fingerprint density at radius 1 is 0.622 bits per heavy atom. The fraction of sp³-hybridized carbons (Fsp3) is 0.371. The van der Waals surface area contributed by atoms with Crippen LogP contribution < -0.4 is 0 Å². The molecule has 4 rings (SSSR count). The molecule has 3 aromatic carbocycles. The summed E-state index contributed by atoms with van der Waals surface area (Å²) in [5, 5.41) is 0. The third kappa shape index (κ3) is 9.72. The third-order valence-corrected chi connectivity index (χ3v) is 7.07. The number of rotatable bonds is 14. The molecule has 238 valence electrons. The molecule has 10 heteroatoms. The van der Waals surface area contributed by atoms with Crippen LogP contribution in [0.4, 0.5) is 0 Å². The smallest absolute Gasteiger partial charge is 0.338 e. The Morgan fingerprint density at radius 2 is 1.13 bits per heavy atom. The van der Waals surface area contributed by atoms with Crippen LogP contribution in [0.25, 0.3) is 0 Å². The number of benzene rings is 3. The second kappa shape index (κ2) is 17.1. The fourth-order valence-corrected chi connectivity index (χ4v) is 4.82. The van der Waals surface area contributed by atoms with Gasteiger partial charge in [0.15, 0.2) is 24.6 Å². The Labute approximate surface area is 262 Å². The van der Waals surface area contributed by atoms with E-state index >= 15 is 0 Å². The van der Waals surface area contributed by atoms with Crippen molar-refractivity contribution >= 4 is 23.9 Å². The lowest BCUT2D eigenvalue weighted by molar-refractivity contribution is -0.302. The first-order valence-corrected chi connectivity index (χ1v) is 15.1. The number of ether oxygens (including phenoxy) is 6. The summed E-state index contributed by atoms with van der Waals surface area (Å²) in [7, 11) is 0. The minimum Gasteiger partial charge on any atom is -0.459 e. The molecule has 1 aliphatic heterocycles. The molecule has 1 saturated heterocycles. The van der Waals surface area contributed by atoms with Crippen LogP contribution in [0, 0.1) is 0 Å². The average Bonchev–Trinajstić information content (AvgIpc) is 3.06.